The Labute approximate surface area is 135 Å². The SMILES string of the molecule is Fc1ccc(Nc2cc(N3CCNCC3)nnc2C(F)(F)F)cc1. The second-order valence-electron chi connectivity index (χ2n) is 5.33. The molecule has 1 aromatic carbocycles. The quantitative estimate of drug-likeness (QED) is 0.841. The van der Waals surface area contributed by atoms with Gasteiger partial charge in [-0.2, -0.15) is 13.2 Å². The van der Waals surface area contributed by atoms with Crippen molar-refractivity contribution in [2.24, 2.45) is 0 Å². The third kappa shape index (κ3) is 3.73. The Kier molecular flexibility index (Phi) is 4.52. The molecular formula is C15H15F4N5. The molecule has 2 aromatic rings. The standard InChI is InChI=1S/C15H15F4N5/c16-10-1-3-11(4-2-10)21-12-9-13(24-7-5-20-6-8-24)22-23-14(12)15(17,18)19/h1-4,9,20H,5-8H2,(H,21,22). The predicted octanol–water partition coefficient (Wildman–Crippen LogP) is 2.79. The van der Waals surface area contributed by atoms with E-state index in [1.165, 1.54) is 30.3 Å². The van der Waals surface area contributed by atoms with Crippen LogP contribution in [0.2, 0.25) is 0 Å². The van der Waals surface area contributed by atoms with Gasteiger partial charge in [0.1, 0.15) is 5.82 Å². The minimum absolute atomic E-state index is 0.211. The molecule has 2 N–H and O–H groups in total. The summed E-state index contributed by atoms with van der Waals surface area (Å²) in [6.45, 7) is 2.72. The van der Waals surface area contributed by atoms with E-state index in [1.807, 2.05) is 4.90 Å². The maximum Gasteiger partial charge on any atom is 0.437 e. The van der Waals surface area contributed by atoms with Crippen molar-refractivity contribution < 1.29 is 17.6 Å². The number of nitrogens with one attached hydrogen (secondary N) is 2. The molecule has 5 nitrogen and oxygen atoms in total. The average molecular weight is 341 g/mol. The number of hydrogen-bond donors (Lipinski definition) is 2. The average Bonchev–Trinajstić information content (AvgIpc) is 2.57. The number of halogens is 4. The van der Waals surface area contributed by atoms with Gasteiger partial charge in [-0.25, -0.2) is 4.39 Å². The van der Waals surface area contributed by atoms with E-state index in [0.29, 0.717) is 24.6 Å². The lowest BCUT2D eigenvalue weighted by atomic mass is 10.2. The molecule has 0 amide bonds. The van der Waals surface area contributed by atoms with Crippen molar-refractivity contribution in [2.75, 3.05) is 36.4 Å². The highest BCUT2D eigenvalue weighted by molar-refractivity contribution is 5.65. The summed E-state index contributed by atoms with van der Waals surface area (Å²) in [4.78, 5) is 1.86. The summed E-state index contributed by atoms with van der Waals surface area (Å²) in [5.41, 5.74) is -0.982. The van der Waals surface area contributed by atoms with E-state index in [2.05, 4.69) is 20.8 Å². The van der Waals surface area contributed by atoms with Crippen molar-refractivity contribution in [3.63, 3.8) is 0 Å². The fourth-order valence-electron chi connectivity index (χ4n) is 2.42. The highest BCUT2D eigenvalue weighted by Gasteiger charge is 2.37. The smallest absolute Gasteiger partial charge is 0.354 e. The summed E-state index contributed by atoms with van der Waals surface area (Å²) in [6.07, 6.45) is -4.64. The molecule has 0 spiro atoms. The highest BCUT2D eigenvalue weighted by atomic mass is 19.4. The van der Waals surface area contributed by atoms with E-state index in [4.69, 9.17) is 0 Å². The molecule has 3 rings (SSSR count). The van der Waals surface area contributed by atoms with Crippen LogP contribution in [-0.2, 0) is 6.18 Å². The second-order valence-corrected chi connectivity index (χ2v) is 5.33. The number of piperazine rings is 1. The van der Waals surface area contributed by atoms with Crippen LogP contribution in [0.25, 0.3) is 0 Å². The van der Waals surface area contributed by atoms with E-state index in [0.717, 1.165) is 13.1 Å². The van der Waals surface area contributed by atoms with Gasteiger partial charge in [-0.05, 0) is 24.3 Å². The number of alkyl halides is 3. The van der Waals surface area contributed by atoms with Crippen LogP contribution in [-0.4, -0.2) is 36.4 Å². The molecule has 1 aromatic heterocycles. The number of anilines is 3. The van der Waals surface area contributed by atoms with Crippen molar-refractivity contribution in [1.82, 2.24) is 15.5 Å². The first kappa shape index (κ1) is 16.4. The number of benzene rings is 1. The van der Waals surface area contributed by atoms with Gasteiger partial charge in [-0.3, -0.25) is 0 Å². The van der Waals surface area contributed by atoms with Crippen LogP contribution in [0, 0.1) is 5.82 Å². The number of aromatic nitrogens is 2. The Balaban J connectivity index is 1.94. The van der Waals surface area contributed by atoms with Crippen LogP contribution in [0.4, 0.5) is 34.8 Å². The van der Waals surface area contributed by atoms with E-state index in [1.54, 1.807) is 0 Å². The van der Waals surface area contributed by atoms with Gasteiger partial charge in [-0.1, -0.05) is 0 Å². The number of nitrogens with zero attached hydrogens (tertiary/aromatic N) is 3. The third-order valence-electron chi connectivity index (χ3n) is 3.61. The highest BCUT2D eigenvalue weighted by Crippen LogP contribution is 2.35. The van der Waals surface area contributed by atoms with Gasteiger partial charge < -0.3 is 15.5 Å². The summed E-state index contributed by atoms with van der Waals surface area (Å²) in [5, 5.41) is 12.9. The van der Waals surface area contributed by atoms with Gasteiger partial charge in [0.05, 0.1) is 5.69 Å². The molecule has 1 aliphatic rings. The molecule has 24 heavy (non-hydrogen) atoms. The minimum atomic E-state index is -4.64. The van der Waals surface area contributed by atoms with Crippen molar-refractivity contribution >= 4 is 17.2 Å². The zero-order valence-electron chi connectivity index (χ0n) is 12.6. The molecule has 2 heterocycles. The maximum atomic E-state index is 13.2. The third-order valence-corrected chi connectivity index (χ3v) is 3.61. The van der Waals surface area contributed by atoms with Crippen molar-refractivity contribution in [3.05, 3.63) is 41.8 Å². The van der Waals surface area contributed by atoms with Crippen LogP contribution >= 0.6 is 0 Å². The number of rotatable bonds is 3. The summed E-state index contributed by atoms with van der Waals surface area (Å²) < 4.78 is 52.4. The summed E-state index contributed by atoms with van der Waals surface area (Å²) in [7, 11) is 0. The molecule has 128 valence electrons. The van der Waals surface area contributed by atoms with Crippen LogP contribution in [0.3, 0.4) is 0 Å². The molecule has 0 aliphatic carbocycles. The molecule has 1 fully saturated rings. The summed E-state index contributed by atoms with van der Waals surface area (Å²) in [5.74, 6) is -0.0972. The molecule has 0 atom stereocenters. The van der Waals surface area contributed by atoms with Gasteiger partial charge in [0, 0.05) is 37.9 Å². The monoisotopic (exact) mass is 341 g/mol. The van der Waals surface area contributed by atoms with E-state index in [-0.39, 0.29) is 5.69 Å². The molecule has 0 saturated carbocycles. The molecule has 0 unspecified atom stereocenters. The zero-order chi connectivity index (χ0) is 17.2. The predicted molar refractivity (Wildman–Crippen MR) is 81.8 cm³/mol. The largest absolute Gasteiger partial charge is 0.437 e. The van der Waals surface area contributed by atoms with Crippen molar-refractivity contribution in [2.45, 2.75) is 6.18 Å². The van der Waals surface area contributed by atoms with Gasteiger partial charge in [0.25, 0.3) is 0 Å². The first-order valence-corrected chi connectivity index (χ1v) is 7.37. The zero-order valence-corrected chi connectivity index (χ0v) is 12.6. The Morgan fingerprint density at radius 1 is 1.04 bits per heavy atom. The van der Waals surface area contributed by atoms with Crippen LogP contribution in [0.1, 0.15) is 5.69 Å². The first-order chi connectivity index (χ1) is 11.4. The van der Waals surface area contributed by atoms with Gasteiger partial charge in [0.15, 0.2) is 11.5 Å². The lowest BCUT2D eigenvalue weighted by molar-refractivity contribution is -0.141. The Hall–Kier alpha value is -2.42. The fraction of sp³-hybridized carbons (Fsp3) is 0.333. The van der Waals surface area contributed by atoms with Crippen molar-refractivity contribution in [3.8, 4) is 0 Å². The first-order valence-electron chi connectivity index (χ1n) is 7.37. The Morgan fingerprint density at radius 3 is 2.33 bits per heavy atom. The number of hydrogen-bond acceptors (Lipinski definition) is 5. The topological polar surface area (TPSA) is 53.1 Å². The van der Waals surface area contributed by atoms with Gasteiger partial charge in [-0.15, -0.1) is 10.2 Å². The van der Waals surface area contributed by atoms with Crippen LogP contribution in [0.5, 0.6) is 0 Å². The molecule has 0 bridgehead atoms. The second kappa shape index (κ2) is 6.60. The Morgan fingerprint density at radius 2 is 1.71 bits per heavy atom. The lowest BCUT2D eigenvalue weighted by Crippen LogP contribution is -2.44. The van der Waals surface area contributed by atoms with Crippen molar-refractivity contribution in [1.29, 1.82) is 0 Å². The van der Waals surface area contributed by atoms with Gasteiger partial charge >= 0.3 is 6.18 Å². The summed E-state index contributed by atoms with van der Waals surface area (Å²) in [6, 6.07) is 6.38. The van der Waals surface area contributed by atoms with E-state index >= 15 is 0 Å². The lowest BCUT2D eigenvalue weighted by Gasteiger charge is -2.28. The fourth-order valence-corrected chi connectivity index (χ4v) is 2.42. The molecule has 0 radical (unpaired) electrons. The molecular weight excluding hydrogens is 326 g/mol. The molecule has 9 heteroatoms. The maximum absolute atomic E-state index is 13.2. The van der Waals surface area contributed by atoms with Crippen LogP contribution < -0.4 is 15.5 Å². The van der Waals surface area contributed by atoms with E-state index < -0.39 is 17.7 Å². The Bertz CT molecular complexity index is 696. The van der Waals surface area contributed by atoms with Gasteiger partial charge in [0.2, 0.25) is 0 Å². The summed E-state index contributed by atoms with van der Waals surface area (Å²) >= 11 is 0. The minimum Gasteiger partial charge on any atom is -0.354 e. The van der Waals surface area contributed by atoms with Crippen LogP contribution in [0.15, 0.2) is 30.3 Å². The molecule has 1 saturated heterocycles. The molecule has 1 aliphatic heterocycles. The van der Waals surface area contributed by atoms with E-state index in [9.17, 15) is 17.6 Å². The normalized spacial score (nSPS) is 15.4.